The molecule has 0 saturated heterocycles. The second-order valence-electron chi connectivity index (χ2n) is 5.74. The number of fused-ring (bicyclic) bond motifs is 1. The van der Waals surface area contributed by atoms with Crippen molar-refractivity contribution < 1.29 is 14.3 Å². The molecule has 25 heavy (non-hydrogen) atoms. The number of thioether (sulfide) groups is 1. The number of ether oxygens (including phenoxy) is 1. The topological polar surface area (TPSA) is 58.6 Å². The molecule has 0 unspecified atom stereocenters. The van der Waals surface area contributed by atoms with E-state index in [0.717, 1.165) is 10.6 Å². The van der Waals surface area contributed by atoms with Gasteiger partial charge in [-0.3, -0.25) is 4.90 Å². The number of hydrogen-bond acceptors (Lipinski definition) is 4. The van der Waals surface area contributed by atoms with Crippen LogP contribution in [0.4, 0.5) is 16.2 Å². The Balaban J connectivity index is 1.79. The largest absolute Gasteiger partial charge is 0.462 e. The van der Waals surface area contributed by atoms with Gasteiger partial charge in [-0.2, -0.15) is 0 Å². The first-order valence-electron chi connectivity index (χ1n) is 8.20. The van der Waals surface area contributed by atoms with Crippen molar-refractivity contribution in [2.75, 3.05) is 23.4 Å². The number of nitrogens with one attached hydrogen (secondary N) is 1. The number of hydrogen-bond donors (Lipinski definition) is 1. The molecular weight excluding hydrogens is 336 g/mol. The minimum absolute atomic E-state index is 0.208. The van der Waals surface area contributed by atoms with Gasteiger partial charge in [0.2, 0.25) is 0 Å². The van der Waals surface area contributed by atoms with Crippen LogP contribution in [0.3, 0.4) is 0 Å². The van der Waals surface area contributed by atoms with Gasteiger partial charge in [-0.05, 0) is 37.3 Å². The molecule has 1 N–H and O–H groups in total. The number of carbonyl (C=O) groups excluding carboxylic acids is 2. The Morgan fingerprint density at radius 2 is 2.04 bits per heavy atom. The van der Waals surface area contributed by atoms with Crippen LogP contribution in [0.15, 0.2) is 53.4 Å². The average molecular weight is 356 g/mol. The van der Waals surface area contributed by atoms with Gasteiger partial charge in [-0.25, -0.2) is 9.59 Å². The molecular formula is C19H20N2O3S. The van der Waals surface area contributed by atoms with Crippen LogP contribution in [0.1, 0.15) is 24.2 Å². The van der Waals surface area contributed by atoms with Crippen LogP contribution in [0.2, 0.25) is 0 Å². The zero-order valence-corrected chi connectivity index (χ0v) is 15.0. The maximum Gasteiger partial charge on any atom is 0.338 e. The molecule has 1 aliphatic rings. The highest BCUT2D eigenvalue weighted by Crippen LogP contribution is 2.38. The predicted molar refractivity (Wildman–Crippen MR) is 101 cm³/mol. The van der Waals surface area contributed by atoms with E-state index in [0.29, 0.717) is 29.7 Å². The third kappa shape index (κ3) is 3.96. The molecule has 2 aromatic carbocycles. The Bertz CT molecular complexity index is 794. The van der Waals surface area contributed by atoms with E-state index < -0.39 is 5.97 Å². The number of amides is 2. The summed E-state index contributed by atoms with van der Waals surface area (Å²) in [6, 6.07) is 14.5. The summed E-state index contributed by atoms with van der Waals surface area (Å²) in [4.78, 5) is 27.5. The number of anilines is 2. The van der Waals surface area contributed by atoms with Crippen LogP contribution >= 0.6 is 11.8 Å². The fraction of sp³-hybridized carbons (Fsp3) is 0.263. The molecule has 2 amide bonds. The van der Waals surface area contributed by atoms with E-state index in [1.54, 1.807) is 47.9 Å². The van der Waals surface area contributed by atoms with E-state index >= 15 is 0 Å². The lowest BCUT2D eigenvalue weighted by atomic mass is 10.2. The smallest absolute Gasteiger partial charge is 0.338 e. The molecule has 1 heterocycles. The van der Waals surface area contributed by atoms with E-state index in [2.05, 4.69) is 12.2 Å². The van der Waals surface area contributed by atoms with Gasteiger partial charge in [0.25, 0.3) is 0 Å². The molecule has 0 aliphatic carbocycles. The number of esters is 1. The molecule has 0 fully saturated rings. The summed E-state index contributed by atoms with van der Waals surface area (Å²) in [6.07, 6.45) is 0. The minimum atomic E-state index is -0.396. The molecule has 6 heteroatoms. The summed E-state index contributed by atoms with van der Waals surface area (Å²) in [5.41, 5.74) is 1.89. The molecule has 2 aromatic rings. The quantitative estimate of drug-likeness (QED) is 0.829. The Hall–Kier alpha value is -2.47. The van der Waals surface area contributed by atoms with Gasteiger partial charge in [-0.1, -0.05) is 25.1 Å². The third-order valence-electron chi connectivity index (χ3n) is 3.79. The predicted octanol–water partition coefficient (Wildman–Crippen LogP) is 4.40. The highest BCUT2D eigenvalue weighted by molar-refractivity contribution is 8.00. The van der Waals surface area contributed by atoms with Crippen LogP contribution in [0, 0.1) is 0 Å². The molecule has 0 radical (unpaired) electrons. The zero-order chi connectivity index (χ0) is 17.8. The molecule has 5 nitrogen and oxygen atoms in total. The highest BCUT2D eigenvalue weighted by atomic mass is 32.2. The standard InChI is InChI=1S/C19H20N2O3S/c1-3-24-18(22)14-7-6-8-15(11-14)20-19(23)21-12-13(2)25-17-10-5-4-9-16(17)21/h4-11,13H,3,12H2,1-2H3,(H,20,23)/t13-/m1/s1. The molecule has 1 atom stereocenters. The number of nitrogens with zero attached hydrogens (tertiary/aromatic N) is 1. The van der Waals surface area contributed by atoms with Crippen LogP contribution in [0.25, 0.3) is 0 Å². The first-order valence-corrected chi connectivity index (χ1v) is 9.08. The number of carbonyl (C=O) groups is 2. The lowest BCUT2D eigenvalue weighted by Crippen LogP contribution is -2.41. The fourth-order valence-corrected chi connectivity index (χ4v) is 3.82. The van der Waals surface area contributed by atoms with Gasteiger partial charge in [0.1, 0.15) is 0 Å². The van der Waals surface area contributed by atoms with Crippen molar-refractivity contribution in [2.45, 2.75) is 24.0 Å². The van der Waals surface area contributed by atoms with Crippen molar-refractivity contribution in [1.29, 1.82) is 0 Å². The third-order valence-corrected chi connectivity index (χ3v) is 4.94. The van der Waals surface area contributed by atoms with Gasteiger partial charge in [0.05, 0.1) is 17.9 Å². The van der Waals surface area contributed by atoms with Crippen molar-refractivity contribution in [3.05, 3.63) is 54.1 Å². The van der Waals surface area contributed by atoms with E-state index in [9.17, 15) is 9.59 Å². The van der Waals surface area contributed by atoms with Gasteiger partial charge >= 0.3 is 12.0 Å². The van der Waals surface area contributed by atoms with Gasteiger partial charge in [0.15, 0.2) is 0 Å². The number of benzene rings is 2. The Labute approximate surface area is 151 Å². The Morgan fingerprint density at radius 1 is 1.24 bits per heavy atom. The second kappa shape index (κ2) is 7.61. The summed E-state index contributed by atoms with van der Waals surface area (Å²) in [5, 5.41) is 3.19. The number of para-hydroxylation sites is 1. The molecule has 0 aromatic heterocycles. The van der Waals surface area contributed by atoms with Gasteiger partial charge < -0.3 is 10.1 Å². The van der Waals surface area contributed by atoms with E-state index in [1.165, 1.54) is 0 Å². The summed E-state index contributed by atoms with van der Waals surface area (Å²) < 4.78 is 5.00. The maximum absolute atomic E-state index is 12.8. The summed E-state index contributed by atoms with van der Waals surface area (Å²) in [7, 11) is 0. The monoisotopic (exact) mass is 356 g/mol. The van der Waals surface area contributed by atoms with Crippen molar-refractivity contribution in [3.63, 3.8) is 0 Å². The maximum atomic E-state index is 12.8. The van der Waals surface area contributed by atoms with Crippen LogP contribution in [-0.2, 0) is 4.74 Å². The van der Waals surface area contributed by atoms with Crippen molar-refractivity contribution >= 4 is 35.1 Å². The van der Waals surface area contributed by atoms with Crippen molar-refractivity contribution in [2.24, 2.45) is 0 Å². The van der Waals surface area contributed by atoms with E-state index in [-0.39, 0.29) is 6.03 Å². The Kier molecular flexibility index (Phi) is 5.28. The van der Waals surface area contributed by atoms with Gasteiger partial charge in [0, 0.05) is 22.4 Å². The van der Waals surface area contributed by atoms with Crippen LogP contribution in [0.5, 0.6) is 0 Å². The SMILES string of the molecule is CCOC(=O)c1cccc(NC(=O)N2C[C@@H](C)Sc3ccccc32)c1. The zero-order valence-electron chi connectivity index (χ0n) is 14.2. The molecule has 3 rings (SSSR count). The first-order chi connectivity index (χ1) is 12.1. The molecule has 130 valence electrons. The fourth-order valence-electron chi connectivity index (χ4n) is 2.71. The lowest BCUT2D eigenvalue weighted by Gasteiger charge is -2.32. The summed E-state index contributed by atoms with van der Waals surface area (Å²) in [6.45, 7) is 4.80. The van der Waals surface area contributed by atoms with E-state index in [4.69, 9.17) is 4.74 Å². The number of rotatable bonds is 3. The normalized spacial score (nSPS) is 16.1. The Morgan fingerprint density at radius 3 is 2.84 bits per heavy atom. The lowest BCUT2D eigenvalue weighted by molar-refractivity contribution is 0.0526. The molecule has 0 bridgehead atoms. The number of urea groups is 1. The van der Waals surface area contributed by atoms with Gasteiger partial charge in [-0.15, -0.1) is 11.8 Å². The average Bonchev–Trinajstić information content (AvgIpc) is 2.61. The van der Waals surface area contributed by atoms with Crippen LogP contribution in [-0.4, -0.2) is 30.4 Å². The molecule has 0 spiro atoms. The van der Waals surface area contributed by atoms with Crippen molar-refractivity contribution in [1.82, 2.24) is 0 Å². The van der Waals surface area contributed by atoms with Crippen LogP contribution < -0.4 is 10.2 Å². The molecule has 1 aliphatic heterocycles. The molecule has 0 saturated carbocycles. The highest BCUT2D eigenvalue weighted by Gasteiger charge is 2.26. The summed E-state index contributed by atoms with van der Waals surface area (Å²) in [5.74, 6) is -0.396. The second-order valence-corrected chi connectivity index (χ2v) is 7.22. The van der Waals surface area contributed by atoms with Crippen molar-refractivity contribution in [3.8, 4) is 0 Å². The minimum Gasteiger partial charge on any atom is -0.462 e. The summed E-state index contributed by atoms with van der Waals surface area (Å²) >= 11 is 1.77. The van der Waals surface area contributed by atoms with E-state index in [1.807, 2.05) is 24.3 Å². The first kappa shape index (κ1) is 17.4.